The molecule has 0 bridgehead atoms. The standard InChI is InChI=1S/C32H32F2N4O5/c1-20-27(19-30(21-5-8-24(41-2)9-6-21)38(20)29-10-7-22(33)15-28(29)34)31(39)36-11-13-37(14-12-36)32(40)35-23-16-25(42-3)18-26(17-23)43-4/h5-10,15-19H,11-14H2,1-4H3,(H,35,40). The van der Waals surface area contributed by atoms with Crippen molar-refractivity contribution in [3.63, 3.8) is 0 Å². The molecule has 0 radical (unpaired) electrons. The summed E-state index contributed by atoms with van der Waals surface area (Å²) in [6.07, 6.45) is 0. The van der Waals surface area contributed by atoms with Crippen LogP contribution in [0.25, 0.3) is 16.9 Å². The second-order valence-electron chi connectivity index (χ2n) is 10.00. The number of carbonyl (C=O) groups is 2. The highest BCUT2D eigenvalue weighted by molar-refractivity contribution is 5.98. The molecule has 224 valence electrons. The van der Waals surface area contributed by atoms with Crippen LogP contribution in [0, 0.1) is 18.6 Å². The second kappa shape index (κ2) is 12.4. The molecule has 0 unspecified atom stereocenters. The van der Waals surface area contributed by atoms with Crippen LogP contribution in [0.2, 0.25) is 0 Å². The van der Waals surface area contributed by atoms with E-state index < -0.39 is 11.6 Å². The predicted octanol–water partition coefficient (Wildman–Crippen LogP) is 5.75. The van der Waals surface area contributed by atoms with Crippen molar-refractivity contribution in [3.05, 3.63) is 89.6 Å². The van der Waals surface area contributed by atoms with Gasteiger partial charge in [0.1, 0.15) is 28.9 Å². The predicted molar refractivity (Wildman–Crippen MR) is 158 cm³/mol. The smallest absolute Gasteiger partial charge is 0.321 e. The lowest BCUT2D eigenvalue weighted by molar-refractivity contribution is 0.0671. The fraction of sp³-hybridized carbons (Fsp3) is 0.250. The van der Waals surface area contributed by atoms with Gasteiger partial charge < -0.3 is 33.9 Å². The van der Waals surface area contributed by atoms with Gasteiger partial charge in [0.2, 0.25) is 0 Å². The summed E-state index contributed by atoms with van der Waals surface area (Å²) in [5.74, 6) is 0.0479. The van der Waals surface area contributed by atoms with Gasteiger partial charge in [-0.3, -0.25) is 4.79 Å². The number of amides is 3. The Hall–Kier alpha value is -5.06. The lowest BCUT2D eigenvalue weighted by Gasteiger charge is -2.34. The summed E-state index contributed by atoms with van der Waals surface area (Å²) in [7, 11) is 4.62. The van der Waals surface area contributed by atoms with Crippen LogP contribution < -0.4 is 19.5 Å². The van der Waals surface area contributed by atoms with E-state index in [1.165, 1.54) is 26.4 Å². The van der Waals surface area contributed by atoms with Crippen LogP contribution in [-0.4, -0.2) is 73.8 Å². The molecule has 1 saturated heterocycles. The van der Waals surface area contributed by atoms with Gasteiger partial charge >= 0.3 is 6.03 Å². The van der Waals surface area contributed by atoms with Crippen LogP contribution in [0.1, 0.15) is 16.1 Å². The maximum Gasteiger partial charge on any atom is 0.321 e. The fourth-order valence-electron chi connectivity index (χ4n) is 5.14. The van der Waals surface area contributed by atoms with Crippen molar-refractivity contribution in [2.75, 3.05) is 52.8 Å². The van der Waals surface area contributed by atoms with Crippen LogP contribution in [-0.2, 0) is 0 Å². The highest BCUT2D eigenvalue weighted by Gasteiger charge is 2.29. The van der Waals surface area contributed by atoms with Gasteiger partial charge in [-0.15, -0.1) is 0 Å². The third-order valence-electron chi connectivity index (χ3n) is 7.47. The molecule has 0 atom stereocenters. The summed E-state index contributed by atoms with van der Waals surface area (Å²) in [5.41, 5.74) is 2.84. The normalized spacial score (nSPS) is 13.1. The largest absolute Gasteiger partial charge is 0.497 e. The Morgan fingerprint density at radius 2 is 1.35 bits per heavy atom. The molecule has 0 spiro atoms. The Bertz CT molecular complexity index is 1620. The number of halogens is 2. The second-order valence-corrected chi connectivity index (χ2v) is 10.00. The summed E-state index contributed by atoms with van der Waals surface area (Å²) in [4.78, 5) is 30.1. The molecule has 0 aliphatic carbocycles. The maximum atomic E-state index is 15.0. The summed E-state index contributed by atoms with van der Waals surface area (Å²) in [6.45, 7) is 2.98. The average Bonchev–Trinajstić information content (AvgIpc) is 3.36. The van der Waals surface area contributed by atoms with Crippen LogP contribution in [0.5, 0.6) is 17.2 Å². The van der Waals surface area contributed by atoms with Crippen LogP contribution in [0.3, 0.4) is 0 Å². The van der Waals surface area contributed by atoms with Gasteiger partial charge in [0, 0.05) is 61.8 Å². The van der Waals surface area contributed by atoms with Gasteiger partial charge in [-0.25, -0.2) is 13.6 Å². The molecular weight excluding hydrogens is 558 g/mol. The van der Waals surface area contributed by atoms with E-state index in [4.69, 9.17) is 14.2 Å². The third-order valence-corrected chi connectivity index (χ3v) is 7.47. The van der Waals surface area contributed by atoms with Crippen molar-refractivity contribution in [1.82, 2.24) is 14.4 Å². The molecule has 5 rings (SSSR count). The van der Waals surface area contributed by atoms with E-state index in [1.54, 1.807) is 64.8 Å². The Labute approximate surface area is 248 Å². The SMILES string of the molecule is COc1ccc(-c2cc(C(=O)N3CCN(C(=O)Nc4cc(OC)cc(OC)c4)CC3)c(C)n2-c2ccc(F)cc2F)cc1. The first-order chi connectivity index (χ1) is 20.7. The zero-order valence-corrected chi connectivity index (χ0v) is 24.3. The molecule has 4 aromatic rings. The number of anilines is 1. The van der Waals surface area contributed by atoms with Gasteiger partial charge in [-0.1, -0.05) is 0 Å². The summed E-state index contributed by atoms with van der Waals surface area (Å²) in [6, 6.07) is 17.0. The molecule has 1 aliphatic heterocycles. The number of hydrogen-bond acceptors (Lipinski definition) is 5. The van der Waals surface area contributed by atoms with Gasteiger partial charge in [0.05, 0.1) is 38.3 Å². The summed E-state index contributed by atoms with van der Waals surface area (Å²) in [5, 5.41) is 2.86. The Morgan fingerprint density at radius 1 is 0.744 bits per heavy atom. The zero-order valence-electron chi connectivity index (χ0n) is 24.3. The quantitative estimate of drug-likeness (QED) is 0.297. The maximum absolute atomic E-state index is 15.0. The van der Waals surface area contributed by atoms with Crippen molar-refractivity contribution in [3.8, 4) is 34.2 Å². The molecule has 2 heterocycles. The number of methoxy groups -OCH3 is 3. The van der Waals surface area contributed by atoms with Crippen molar-refractivity contribution in [1.29, 1.82) is 0 Å². The molecule has 9 nitrogen and oxygen atoms in total. The zero-order chi connectivity index (χ0) is 30.7. The lowest BCUT2D eigenvalue weighted by Crippen LogP contribution is -2.51. The minimum absolute atomic E-state index is 0.124. The highest BCUT2D eigenvalue weighted by Crippen LogP contribution is 2.33. The molecule has 43 heavy (non-hydrogen) atoms. The first-order valence-corrected chi connectivity index (χ1v) is 13.6. The number of hydrogen-bond donors (Lipinski definition) is 1. The van der Waals surface area contributed by atoms with Crippen molar-refractivity contribution < 1.29 is 32.6 Å². The van der Waals surface area contributed by atoms with E-state index >= 15 is 4.39 Å². The third kappa shape index (κ3) is 6.11. The number of urea groups is 1. The van der Waals surface area contributed by atoms with E-state index in [0.717, 1.165) is 11.6 Å². The molecule has 3 amide bonds. The minimum Gasteiger partial charge on any atom is -0.497 e. The number of nitrogens with one attached hydrogen (secondary N) is 1. The average molecular weight is 591 g/mol. The van der Waals surface area contributed by atoms with Crippen molar-refractivity contribution in [2.45, 2.75) is 6.92 Å². The molecule has 0 saturated carbocycles. The van der Waals surface area contributed by atoms with Gasteiger partial charge in [0.15, 0.2) is 0 Å². The Kier molecular flexibility index (Phi) is 8.51. The summed E-state index contributed by atoms with van der Waals surface area (Å²) >= 11 is 0. The molecule has 1 N–H and O–H groups in total. The summed E-state index contributed by atoms with van der Waals surface area (Å²) < 4.78 is 46.2. The monoisotopic (exact) mass is 590 g/mol. The van der Waals surface area contributed by atoms with Crippen molar-refractivity contribution >= 4 is 17.6 Å². The van der Waals surface area contributed by atoms with E-state index in [0.29, 0.717) is 66.1 Å². The van der Waals surface area contributed by atoms with E-state index in [-0.39, 0.29) is 17.6 Å². The van der Waals surface area contributed by atoms with Crippen LogP contribution in [0.15, 0.2) is 66.7 Å². The molecule has 3 aromatic carbocycles. The number of carbonyl (C=O) groups excluding carboxylic acids is 2. The highest BCUT2D eigenvalue weighted by atomic mass is 19.1. The van der Waals surface area contributed by atoms with Gasteiger partial charge in [-0.2, -0.15) is 0 Å². The molecular formula is C32H32F2N4O5. The fourth-order valence-corrected chi connectivity index (χ4v) is 5.14. The first-order valence-electron chi connectivity index (χ1n) is 13.6. The number of ether oxygens (including phenoxy) is 3. The number of nitrogens with zero attached hydrogens (tertiary/aromatic N) is 3. The van der Waals surface area contributed by atoms with E-state index in [2.05, 4.69) is 5.32 Å². The first kappa shape index (κ1) is 29.4. The Balaban J connectivity index is 1.37. The van der Waals surface area contributed by atoms with Gasteiger partial charge in [0.25, 0.3) is 5.91 Å². The molecule has 1 aromatic heterocycles. The lowest BCUT2D eigenvalue weighted by atomic mass is 10.1. The number of rotatable bonds is 7. The van der Waals surface area contributed by atoms with Gasteiger partial charge in [-0.05, 0) is 55.0 Å². The van der Waals surface area contributed by atoms with E-state index in [9.17, 15) is 14.0 Å². The topological polar surface area (TPSA) is 85.3 Å². The number of piperazine rings is 1. The van der Waals surface area contributed by atoms with Crippen molar-refractivity contribution in [2.24, 2.45) is 0 Å². The van der Waals surface area contributed by atoms with Crippen LogP contribution >= 0.6 is 0 Å². The number of aromatic nitrogens is 1. The number of benzene rings is 3. The van der Waals surface area contributed by atoms with E-state index in [1.807, 2.05) is 12.1 Å². The van der Waals surface area contributed by atoms with Crippen LogP contribution in [0.4, 0.5) is 19.3 Å². The molecule has 1 fully saturated rings. The molecule has 1 aliphatic rings. The Morgan fingerprint density at radius 3 is 1.93 bits per heavy atom. The minimum atomic E-state index is -0.749. The molecule has 11 heteroatoms.